The van der Waals surface area contributed by atoms with Gasteiger partial charge in [-0.2, -0.15) is 0 Å². The van der Waals surface area contributed by atoms with Crippen molar-refractivity contribution in [2.24, 2.45) is 5.41 Å². The highest BCUT2D eigenvalue weighted by Crippen LogP contribution is 2.43. The van der Waals surface area contributed by atoms with Crippen LogP contribution >= 0.6 is 0 Å². The quantitative estimate of drug-likeness (QED) is 0.838. The number of hydrogen-bond donors (Lipinski definition) is 2. The van der Waals surface area contributed by atoms with E-state index in [1.54, 1.807) is 18.2 Å². The van der Waals surface area contributed by atoms with Crippen molar-refractivity contribution in [1.29, 1.82) is 0 Å². The Kier molecular flexibility index (Phi) is 4.42. The number of carboxylic acids is 1. The summed E-state index contributed by atoms with van der Waals surface area (Å²) in [6.45, 7) is 2.62. The van der Waals surface area contributed by atoms with E-state index >= 15 is 0 Å². The second-order valence-electron chi connectivity index (χ2n) is 5.50. The summed E-state index contributed by atoms with van der Waals surface area (Å²) in [7, 11) is 0. The van der Waals surface area contributed by atoms with Gasteiger partial charge >= 0.3 is 5.97 Å². The molecule has 1 aliphatic rings. The van der Waals surface area contributed by atoms with Crippen LogP contribution in [0.3, 0.4) is 0 Å². The van der Waals surface area contributed by atoms with Gasteiger partial charge in [0.1, 0.15) is 0 Å². The van der Waals surface area contributed by atoms with Gasteiger partial charge in [0.05, 0.1) is 5.56 Å². The molecule has 0 heterocycles. The predicted molar refractivity (Wildman–Crippen MR) is 76.7 cm³/mol. The van der Waals surface area contributed by atoms with Crippen LogP contribution < -0.4 is 5.32 Å². The number of benzene rings is 1. The molecule has 0 radical (unpaired) electrons. The first kappa shape index (κ1) is 14.6. The summed E-state index contributed by atoms with van der Waals surface area (Å²) in [5, 5.41) is 11.9. The van der Waals surface area contributed by atoms with Gasteiger partial charge in [0, 0.05) is 12.0 Å². The van der Waals surface area contributed by atoms with E-state index in [0.29, 0.717) is 13.0 Å². The SMILES string of the molecule is CCC1(C(=O)NCCc2cccc(C(=O)O)c2)CCC1. The molecule has 0 bridgehead atoms. The molecule has 1 aliphatic carbocycles. The molecule has 0 atom stereocenters. The van der Waals surface area contributed by atoms with E-state index in [2.05, 4.69) is 12.2 Å². The van der Waals surface area contributed by atoms with Crippen molar-refractivity contribution in [1.82, 2.24) is 5.32 Å². The summed E-state index contributed by atoms with van der Waals surface area (Å²) >= 11 is 0. The van der Waals surface area contributed by atoms with E-state index in [-0.39, 0.29) is 16.9 Å². The Bertz CT molecular complexity index is 501. The number of hydrogen-bond acceptors (Lipinski definition) is 2. The number of rotatable bonds is 6. The second-order valence-corrected chi connectivity index (χ2v) is 5.50. The topological polar surface area (TPSA) is 66.4 Å². The molecule has 1 aromatic carbocycles. The monoisotopic (exact) mass is 275 g/mol. The van der Waals surface area contributed by atoms with Gasteiger partial charge in [-0.05, 0) is 43.4 Å². The highest BCUT2D eigenvalue weighted by Gasteiger charge is 2.41. The lowest BCUT2D eigenvalue weighted by atomic mass is 9.66. The maximum absolute atomic E-state index is 12.1. The molecule has 1 fully saturated rings. The largest absolute Gasteiger partial charge is 0.478 e. The van der Waals surface area contributed by atoms with Crippen LogP contribution in [-0.4, -0.2) is 23.5 Å². The van der Waals surface area contributed by atoms with Crippen LogP contribution in [0.25, 0.3) is 0 Å². The third-order valence-electron chi connectivity index (χ3n) is 4.34. The number of amides is 1. The number of carbonyl (C=O) groups is 2. The first-order chi connectivity index (χ1) is 9.57. The van der Waals surface area contributed by atoms with Gasteiger partial charge in [0.25, 0.3) is 0 Å². The molecule has 1 amide bonds. The summed E-state index contributed by atoms with van der Waals surface area (Å²) < 4.78 is 0. The fourth-order valence-corrected chi connectivity index (χ4v) is 2.71. The molecule has 0 unspecified atom stereocenters. The molecule has 0 aliphatic heterocycles. The Balaban J connectivity index is 1.85. The highest BCUT2D eigenvalue weighted by molar-refractivity contribution is 5.87. The van der Waals surface area contributed by atoms with Crippen LogP contribution in [0.2, 0.25) is 0 Å². The van der Waals surface area contributed by atoms with E-state index in [1.165, 1.54) is 0 Å². The molecule has 20 heavy (non-hydrogen) atoms. The average Bonchev–Trinajstić information content (AvgIpc) is 2.38. The molecule has 1 saturated carbocycles. The molecule has 4 nitrogen and oxygen atoms in total. The van der Waals surface area contributed by atoms with E-state index in [9.17, 15) is 9.59 Å². The predicted octanol–water partition coefficient (Wildman–Crippen LogP) is 2.62. The van der Waals surface area contributed by atoms with Crippen LogP contribution in [0, 0.1) is 5.41 Å². The van der Waals surface area contributed by atoms with Crippen molar-refractivity contribution in [2.75, 3.05) is 6.54 Å². The van der Waals surface area contributed by atoms with Crippen LogP contribution in [0.4, 0.5) is 0 Å². The zero-order chi connectivity index (χ0) is 14.6. The van der Waals surface area contributed by atoms with Crippen molar-refractivity contribution in [3.8, 4) is 0 Å². The zero-order valence-corrected chi connectivity index (χ0v) is 11.8. The van der Waals surface area contributed by atoms with Gasteiger partial charge in [0.15, 0.2) is 0 Å². The Morgan fingerprint density at radius 1 is 1.35 bits per heavy atom. The number of aromatic carboxylic acids is 1. The Labute approximate surface area is 119 Å². The van der Waals surface area contributed by atoms with E-state index in [0.717, 1.165) is 31.2 Å². The molecule has 0 aromatic heterocycles. The average molecular weight is 275 g/mol. The van der Waals surface area contributed by atoms with Crippen molar-refractivity contribution < 1.29 is 14.7 Å². The minimum atomic E-state index is -0.921. The molecular formula is C16H21NO3. The summed E-state index contributed by atoms with van der Waals surface area (Å²) in [5.74, 6) is -0.768. The molecule has 2 rings (SSSR count). The summed E-state index contributed by atoms with van der Waals surface area (Å²) in [6.07, 6.45) is 4.68. The standard InChI is InChI=1S/C16H21NO3/c1-2-16(8-4-9-16)15(20)17-10-7-12-5-3-6-13(11-12)14(18)19/h3,5-6,11H,2,4,7-10H2,1H3,(H,17,20)(H,18,19). The molecule has 0 spiro atoms. The minimum absolute atomic E-state index is 0.136. The Morgan fingerprint density at radius 3 is 2.65 bits per heavy atom. The van der Waals surface area contributed by atoms with Gasteiger partial charge < -0.3 is 10.4 Å². The summed E-state index contributed by atoms with van der Waals surface area (Å²) in [6, 6.07) is 6.86. The number of carbonyl (C=O) groups excluding carboxylic acids is 1. The highest BCUT2D eigenvalue weighted by atomic mass is 16.4. The third kappa shape index (κ3) is 3.00. The van der Waals surface area contributed by atoms with Gasteiger partial charge in [-0.3, -0.25) is 4.79 Å². The molecule has 2 N–H and O–H groups in total. The van der Waals surface area contributed by atoms with E-state index in [4.69, 9.17) is 5.11 Å². The maximum Gasteiger partial charge on any atom is 0.335 e. The second kappa shape index (κ2) is 6.07. The number of nitrogens with one attached hydrogen (secondary N) is 1. The smallest absolute Gasteiger partial charge is 0.335 e. The van der Waals surface area contributed by atoms with Gasteiger partial charge in [-0.15, -0.1) is 0 Å². The number of carboxylic acid groups (broad SMARTS) is 1. The van der Waals surface area contributed by atoms with Crippen LogP contribution in [0.15, 0.2) is 24.3 Å². The molecule has 1 aromatic rings. The summed E-state index contributed by atoms with van der Waals surface area (Å²) in [5.41, 5.74) is 1.09. The van der Waals surface area contributed by atoms with Gasteiger partial charge in [-0.1, -0.05) is 25.5 Å². The van der Waals surface area contributed by atoms with Gasteiger partial charge in [0.2, 0.25) is 5.91 Å². The lowest BCUT2D eigenvalue weighted by Gasteiger charge is -2.39. The lowest BCUT2D eigenvalue weighted by Crippen LogP contribution is -2.45. The molecular weight excluding hydrogens is 254 g/mol. The zero-order valence-electron chi connectivity index (χ0n) is 11.8. The van der Waals surface area contributed by atoms with E-state index in [1.807, 2.05) is 6.07 Å². The molecule has 4 heteroatoms. The minimum Gasteiger partial charge on any atom is -0.478 e. The van der Waals surface area contributed by atoms with Crippen LogP contribution in [0.1, 0.15) is 48.5 Å². The van der Waals surface area contributed by atoms with Crippen LogP contribution in [-0.2, 0) is 11.2 Å². The van der Waals surface area contributed by atoms with Gasteiger partial charge in [-0.25, -0.2) is 4.79 Å². The van der Waals surface area contributed by atoms with E-state index < -0.39 is 5.97 Å². The molecule has 0 saturated heterocycles. The summed E-state index contributed by atoms with van der Waals surface area (Å²) in [4.78, 5) is 23.0. The first-order valence-electron chi connectivity index (χ1n) is 7.18. The first-order valence-corrected chi connectivity index (χ1v) is 7.18. The van der Waals surface area contributed by atoms with Crippen molar-refractivity contribution in [3.63, 3.8) is 0 Å². The normalized spacial score (nSPS) is 16.2. The fourth-order valence-electron chi connectivity index (χ4n) is 2.71. The Morgan fingerprint density at radius 2 is 2.10 bits per heavy atom. The fraction of sp³-hybridized carbons (Fsp3) is 0.500. The lowest BCUT2D eigenvalue weighted by molar-refractivity contribution is -0.136. The van der Waals surface area contributed by atoms with Crippen LogP contribution in [0.5, 0.6) is 0 Å². The molecule has 108 valence electrons. The maximum atomic E-state index is 12.1. The van der Waals surface area contributed by atoms with Crippen molar-refractivity contribution in [2.45, 2.75) is 39.0 Å². The van der Waals surface area contributed by atoms with Crippen molar-refractivity contribution >= 4 is 11.9 Å². The van der Waals surface area contributed by atoms with Crippen molar-refractivity contribution in [3.05, 3.63) is 35.4 Å². The Hall–Kier alpha value is -1.84. The third-order valence-corrected chi connectivity index (χ3v) is 4.34.